The van der Waals surface area contributed by atoms with Crippen LogP contribution >= 0.6 is 0 Å². The number of carboxylic acid groups (broad SMARTS) is 2. The van der Waals surface area contributed by atoms with Crippen molar-refractivity contribution in [2.45, 2.75) is 77.8 Å². The Morgan fingerprint density at radius 2 is 1.15 bits per heavy atom. The molecule has 0 atom stereocenters. The van der Waals surface area contributed by atoms with Crippen LogP contribution in [0.15, 0.2) is 0 Å². The third-order valence-electron chi connectivity index (χ3n) is 2.58. The first kappa shape index (κ1) is 30.5. The Hall–Kier alpha value is -1.27. The fourth-order valence-corrected chi connectivity index (χ4v) is 1.58. The molecule has 0 saturated carbocycles. The van der Waals surface area contributed by atoms with Crippen molar-refractivity contribution in [3.8, 4) is 0 Å². The molecule has 0 aliphatic rings. The summed E-state index contributed by atoms with van der Waals surface area (Å²) in [5.74, 6) is -3.37. The zero-order chi connectivity index (χ0) is 21.7. The van der Waals surface area contributed by atoms with Crippen molar-refractivity contribution in [2.24, 2.45) is 0 Å². The normalized spacial score (nSPS) is 9.59. The second kappa shape index (κ2) is 22.8. The van der Waals surface area contributed by atoms with E-state index >= 15 is 0 Å². The molecule has 154 valence electrons. The molecule has 0 amide bonds. The van der Waals surface area contributed by atoms with Gasteiger partial charge in [0, 0.05) is 24.8 Å². The van der Waals surface area contributed by atoms with E-state index in [4.69, 9.17) is 9.47 Å². The number of carbonyl (C=O) groups is 4. The van der Waals surface area contributed by atoms with Crippen LogP contribution in [0.1, 0.15) is 66.2 Å². The molecule has 0 aliphatic carbocycles. The van der Waals surface area contributed by atoms with Crippen LogP contribution in [-0.2, 0) is 28.7 Å². The van der Waals surface area contributed by atoms with Gasteiger partial charge in [-0.3, -0.25) is 9.59 Å². The van der Waals surface area contributed by atoms with Gasteiger partial charge >= 0.3 is 90.1 Å². The van der Waals surface area contributed by atoms with Crippen molar-refractivity contribution in [1.29, 1.82) is 0 Å². The molecule has 0 aromatic heterocycles. The molecular weight excluding hydrogens is 371 g/mol. The van der Waals surface area contributed by atoms with E-state index in [2.05, 4.69) is 30.1 Å². The van der Waals surface area contributed by atoms with Gasteiger partial charge in [0.05, 0.1) is 0 Å². The molecular formula is C18H31AlO8. The molecule has 0 heterocycles. The summed E-state index contributed by atoms with van der Waals surface area (Å²) in [4.78, 5) is 38.6. The van der Waals surface area contributed by atoms with Crippen molar-refractivity contribution < 1.29 is 38.9 Å². The van der Waals surface area contributed by atoms with Gasteiger partial charge in [-0.05, 0) is 13.8 Å². The van der Waals surface area contributed by atoms with E-state index in [1.807, 2.05) is 0 Å². The molecule has 0 saturated heterocycles. The van der Waals surface area contributed by atoms with Gasteiger partial charge < -0.3 is 19.8 Å². The standard InChI is InChI=1S/C10H21O2.2C4H6O3.Al/c1-4-6-8-11-10(3)12-9-7-5-2;2*1-3(5)2-4(6)7;/h10H,3-9H2,1-2H3;2*2H2,1H3,(H,6,7);/q;;;+2/p-2. The van der Waals surface area contributed by atoms with Crippen molar-refractivity contribution in [3.05, 3.63) is 0 Å². The number of hydrogen-bond acceptors (Lipinski definition) is 8. The SMILES string of the molecule is CC(=O)CC(=O)[O-].CC(=O)CC(=O)[O-].CCCCOC([CH2][Al+2])OCCCC. The van der Waals surface area contributed by atoms with Crippen LogP contribution in [0.2, 0.25) is 5.28 Å². The number of Topliss-reactive ketones (excluding diaryl/α,β-unsaturated/α-hetero) is 2. The van der Waals surface area contributed by atoms with Crippen LogP contribution in [0.3, 0.4) is 0 Å². The molecule has 0 spiro atoms. The van der Waals surface area contributed by atoms with Gasteiger partial charge in [-0.25, -0.2) is 0 Å². The zero-order valence-electron chi connectivity index (χ0n) is 16.8. The van der Waals surface area contributed by atoms with E-state index in [9.17, 15) is 29.4 Å². The number of ketones is 2. The molecule has 0 unspecified atom stereocenters. The summed E-state index contributed by atoms with van der Waals surface area (Å²) in [5.41, 5.74) is 0. The summed E-state index contributed by atoms with van der Waals surface area (Å²) in [6.07, 6.45) is 3.65. The topological polar surface area (TPSA) is 133 Å². The third kappa shape index (κ3) is 36.4. The third-order valence-corrected chi connectivity index (χ3v) is 2.97. The number of aliphatic carboxylic acids is 2. The molecule has 27 heavy (non-hydrogen) atoms. The first-order valence-electron chi connectivity index (χ1n) is 8.92. The number of ether oxygens (including phenoxy) is 2. The fraction of sp³-hybridized carbons (Fsp3) is 0.778. The fourth-order valence-electron chi connectivity index (χ4n) is 1.31. The Labute approximate surface area is 170 Å². The molecule has 0 aliphatic heterocycles. The van der Waals surface area contributed by atoms with E-state index < -0.39 is 24.8 Å². The minimum absolute atomic E-state index is 0.0110. The molecule has 0 aromatic rings. The summed E-state index contributed by atoms with van der Waals surface area (Å²) >= 11 is 2.66. The first-order valence-corrected chi connectivity index (χ1v) is 9.73. The van der Waals surface area contributed by atoms with E-state index in [-0.39, 0.29) is 17.9 Å². The number of rotatable bonds is 13. The summed E-state index contributed by atoms with van der Waals surface area (Å²) in [6.45, 7) is 8.38. The van der Waals surface area contributed by atoms with Crippen molar-refractivity contribution in [2.75, 3.05) is 13.2 Å². The van der Waals surface area contributed by atoms with Crippen LogP contribution in [-0.4, -0.2) is 59.3 Å². The van der Waals surface area contributed by atoms with Gasteiger partial charge in [0.15, 0.2) is 0 Å². The predicted molar refractivity (Wildman–Crippen MR) is 96.7 cm³/mol. The second-order valence-corrected chi connectivity index (χ2v) is 6.09. The van der Waals surface area contributed by atoms with Crippen molar-refractivity contribution in [3.63, 3.8) is 0 Å². The first-order chi connectivity index (χ1) is 12.6. The zero-order valence-corrected chi connectivity index (χ0v) is 17.9. The maximum absolute atomic E-state index is 9.83. The quantitative estimate of drug-likeness (QED) is 0.181. The number of hydrogen-bond donors (Lipinski definition) is 0. The second-order valence-electron chi connectivity index (χ2n) is 5.62. The number of unbranched alkanes of at least 4 members (excludes halogenated alkanes) is 2. The Kier molecular flexibility index (Phi) is 25.7. The summed E-state index contributed by atoms with van der Waals surface area (Å²) in [6, 6.07) is 0. The van der Waals surface area contributed by atoms with E-state index in [0.29, 0.717) is 0 Å². The average molecular weight is 402 g/mol. The van der Waals surface area contributed by atoms with Gasteiger partial charge in [-0.15, -0.1) is 0 Å². The summed E-state index contributed by atoms with van der Waals surface area (Å²) in [7, 11) is 0. The molecule has 0 radical (unpaired) electrons. The van der Waals surface area contributed by atoms with Crippen LogP contribution in [0.25, 0.3) is 0 Å². The van der Waals surface area contributed by atoms with Gasteiger partial charge in [0.25, 0.3) is 0 Å². The molecule has 0 rings (SSSR count). The molecule has 0 bridgehead atoms. The number of carbonyl (C=O) groups excluding carboxylic acids is 4. The van der Waals surface area contributed by atoms with Crippen molar-refractivity contribution in [1.82, 2.24) is 0 Å². The minimum atomic E-state index is -1.31. The van der Waals surface area contributed by atoms with Crippen LogP contribution in [0, 0.1) is 0 Å². The van der Waals surface area contributed by atoms with Crippen LogP contribution in [0.5, 0.6) is 0 Å². The molecule has 0 aromatic carbocycles. The van der Waals surface area contributed by atoms with E-state index in [1.165, 1.54) is 26.7 Å². The Morgan fingerprint density at radius 3 is 1.30 bits per heavy atom. The molecule has 9 heteroatoms. The summed E-state index contributed by atoms with van der Waals surface area (Å²) in [5, 5.41) is 19.8. The van der Waals surface area contributed by atoms with E-state index in [1.54, 1.807) is 0 Å². The van der Waals surface area contributed by atoms with Crippen LogP contribution < -0.4 is 10.2 Å². The van der Waals surface area contributed by atoms with Crippen molar-refractivity contribution >= 4 is 39.8 Å². The molecule has 8 nitrogen and oxygen atoms in total. The molecule has 0 fully saturated rings. The Bertz CT molecular complexity index is 352. The Morgan fingerprint density at radius 1 is 0.815 bits per heavy atom. The van der Waals surface area contributed by atoms with Gasteiger partial charge in [0.2, 0.25) is 0 Å². The van der Waals surface area contributed by atoms with Gasteiger partial charge in [-0.2, -0.15) is 0 Å². The monoisotopic (exact) mass is 402 g/mol. The molecule has 0 N–H and O–H groups in total. The maximum atomic E-state index is 9.83. The van der Waals surface area contributed by atoms with E-state index in [0.717, 1.165) is 31.3 Å². The predicted octanol–water partition coefficient (Wildman–Crippen LogP) is -0.0365. The number of carboxylic acids is 2. The van der Waals surface area contributed by atoms with Gasteiger partial charge in [-0.1, -0.05) is 0 Å². The Balaban J connectivity index is -0.000000350. The summed E-state index contributed by atoms with van der Waals surface area (Å²) < 4.78 is 11.1. The van der Waals surface area contributed by atoms with Crippen LogP contribution in [0.4, 0.5) is 0 Å². The van der Waals surface area contributed by atoms with Gasteiger partial charge in [0.1, 0.15) is 11.6 Å². The average Bonchev–Trinajstić information content (AvgIpc) is 2.52.